The zero-order chi connectivity index (χ0) is 21.6. The van der Waals surface area contributed by atoms with Crippen LogP contribution in [0.3, 0.4) is 0 Å². The number of fused-ring (bicyclic) bond motifs is 1. The molecule has 1 aromatic carbocycles. The summed E-state index contributed by atoms with van der Waals surface area (Å²) in [5.74, 6) is 0.508. The van der Waals surface area contributed by atoms with E-state index >= 15 is 0 Å². The third-order valence-corrected chi connectivity index (χ3v) is 5.96. The zero-order valence-electron chi connectivity index (χ0n) is 18.0. The first-order chi connectivity index (χ1) is 15.2. The number of aliphatic imine (C=N–C) groups is 1. The topological polar surface area (TPSA) is 112 Å². The van der Waals surface area contributed by atoms with Crippen molar-refractivity contribution in [1.82, 2.24) is 20.2 Å². The molecule has 0 radical (unpaired) electrons. The summed E-state index contributed by atoms with van der Waals surface area (Å²) in [4.78, 5) is 15.9. The van der Waals surface area contributed by atoms with Crippen molar-refractivity contribution >= 4 is 11.7 Å². The molecule has 0 saturated heterocycles. The highest BCUT2D eigenvalue weighted by atomic mass is 16.3. The average molecular weight is 422 g/mol. The molecule has 0 bridgehead atoms. The molecule has 1 aromatic heterocycles. The normalized spacial score (nSPS) is 19.6. The van der Waals surface area contributed by atoms with Gasteiger partial charge in [0.1, 0.15) is 0 Å². The number of rotatable bonds is 7. The molecule has 2 aliphatic rings. The van der Waals surface area contributed by atoms with Crippen molar-refractivity contribution in [3.05, 3.63) is 53.5 Å². The first kappa shape index (κ1) is 21.4. The van der Waals surface area contributed by atoms with Gasteiger partial charge in [-0.25, -0.2) is 9.97 Å². The Morgan fingerprint density at radius 1 is 1.35 bits per heavy atom. The van der Waals surface area contributed by atoms with Crippen molar-refractivity contribution in [2.75, 3.05) is 38.6 Å². The first-order valence-corrected chi connectivity index (χ1v) is 10.9. The molecular formula is C23H31N7O. The summed E-state index contributed by atoms with van der Waals surface area (Å²) >= 11 is 0. The second-order valence-electron chi connectivity index (χ2n) is 7.95. The minimum atomic E-state index is 0.169. The Kier molecular flexibility index (Phi) is 6.91. The molecule has 0 saturated carbocycles. The fourth-order valence-corrected chi connectivity index (χ4v) is 4.33. The Balaban J connectivity index is 1.61. The lowest BCUT2D eigenvalue weighted by Crippen LogP contribution is -2.27. The maximum Gasteiger partial charge on any atom is 0.227 e. The summed E-state index contributed by atoms with van der Waals surface area (Å²) in [6.45, 7) is 3.46. The number of aliphatic hydroxyl groups is 1. The van der Waals surface area contributed by atoms with E-state index in [0.717, 1.165) is 61.6 Å². The summed E-state index contributed by atoms with van der Waals surface area (Å²) in [6, 6.07) is 8.76. The lowest BCUT2D eigenvalue weighted by molar-refractivity contribution is 0.189. The molecule has 5 N–H and O–H groups in total. The van der Waals surface area contributed by atoms with Crippen molar-refractivity contribution < 1.29 is 5.11 Å². The van der Waals surface area contributed by atoms with Crippen molar-refractivity contribution in [2.45, 2.75) is 31.8 Å². The van der Waals surface area contributed by atoms with Gasteiger partial charge in [0.05, 0.1) is 23.7 Å². The van der Waals surface area contributed by atoms with Crippen LogP contribution in [0.4, 0.5) is 5.95 Å². The van der Waals surface area contributed by atoms with E-state index in [0.29, 0.717) is 18.5 Å². The van der Waals surface area contributed by atoms with Crippen LogP contribution in [0.5, 0.6) is 0 Å². The standard InChI is InChI=1S/C23H31N7O/c1-25-20-7-10-30(11-12-31)15-17-13-16(4-5-18(17)20)19-6-9-27-23(28-19)29-22(14-24)21-3-2-8-26-21/h4-6,9,13-14,20,25,31H,2-3,7-8,10-12,15,24H2,1H3,(H,27,28,29). The highest BCUT2D eigenvalue weighted by Gasteiger charge is 2.22. The average Bonchev–Trinajstić information content (AvgIpc) is 3.27. The van der Waals surface area contributed by atoms with Gasteiger partial charge in [-0.3, -0.25) is 9.89 Å². The van der Waals surface area contributed by atoms with Crippen molar-refractivity contribution in [2.24, 2.45) is 10.7 Å². The van der Waals surface area contributed by atoms with E-state index in [2.05, 4.69) is 43.7 Å². The fraction of sp³-hybridized carbons (Fsp3) is 0.435. The molecule has 0 aliphatic carbocycles. The number of hydrogen-bond acceptors (Lipinski definition) is 8. The Morgan fingerprint density at radius 2 is 2.26 bits per heavy atom. The van der Waals surface area contributed by atoms with Gasteiger partial charge in [0, 0.05) is 50.2 Å². The van der Waals surface area contributed by atoms with E-state index in [1.807, 2.05) is 13.1 Å². The Hall–Kier alpha value is -2.81. The molecule has 31 heavy (non-hydrogen) atoms. The van der Waals surface area contributed by atoms with Crippen LogP contribution < -0.4 is 16.4 Å². The van der Waals surface area contributed by atoms with E-state index in [1.165, 1.54) is 17.3 Å². The molecule has 0 amide bonds. The number of β-amino-alcohol motifs (C(OH)–C–C–N with tert-alkyl or cyclic N) is 1. The summed E-state index contributed by atoms with van der Waals surface area (Å²) in [6.07, 6.45) is 6.27. The molecule has 3 heterocycles. The molecule has 164 valence electrons. The summed E-state index contributed by atoms with van der Waals surface area (Å²) in [5.41, 5.74) is 12.0. The van der Waals surface area contributed by atoms with Crippen molar-refractivity contribution in [3.8, 4) is 11.3 Å². The minimum absolute atomic E-state index is 0.169. The Labute approximate surface area is 183 Å². The van der Waals surface area contributed by atoms with Crippen molar-refractivity contribution in [3.63, 3.8) is 0 Å². The summed E-state index contributed by atoms with van der Waals surface area (Å²) < 4.78 is 0. The third-order valence-electron chi connectivity index (χ3n) is 5.96. The van der Waals surface area contributed by atoms with Gasteiger partial charge in [0.15, 0.2) is 0 Å². The third kappa shape index (κ3) is 4.92. The Morgan fingerprint density at radius 3 is 3.00 bits per heavy atom. The smallest absolute Gasteiger partial charge is 0.227 e. The van der Waals surface area contributed by atoms with Crippen molar-refractivity contribution in [1.29, 1.82) is 0 Å². The number of hydrogen-bond donors (Lipinski definition) is 4. The number of nitrogens with zero attached hydrogens (tertiary/aromatic N) is 4. The second kappa shape index (κ2) is 10.00. The molecule has 2 aliphatic heterocycles. The quantitative estimate of drug-likeness (QED) is 0.541. The maximum atomic E-state index is 9.41. The van der Waals surface area contributed by atoms with Crippen LogP contribution >= 0.6 is 0 Å². The van der Waals surface area contributed by atoms with Gasteiger partial charge in [-0.15, -0.1) is 0 Å². The number of allylic oxidation sites excluding steroid dienone is 1. The van der Waals surface area contributed by atoms with E-state index in [9.17, 15) is 5.11 Å². The summed E-state index contributed by atoms with van der Waals surface area (Å²) in [7, 11) is 2.00. The van der Waals surface area contributed by atoms with Crippen LogP contribution in [-0.2, 0) is 6.54 Å². The molecule has 2 aromatic rings. The second-order valence-corrected chi connectivity index (χ2v) is 7.95. The van der Waals surface area contributed by atoms with Gasteiger partial charge < -0.3 is 21.5 Å². The molecule has 8 nitrogen and oxygen atoms in total. The van der Waals surface area contributed by atoms with Gasteiger partial charge in [-0.2, -0.15) is 0 Å². The molecule has 4 rings (SSSR count). The van der Waals surface area contributed by atoms with E-state index in [-0.39, 0.29) is 6.61 Å². The van der Waals surface area contributed by atoms with Crippen LogP contribution in [0.2, 0.25) is 0 Å². The molecular weight excluding hydrogens is 390 g/mol. The molecule has 1 unspecified atom stereocenters. The number of nitrogens with one attached hydrogen (secondary N) is 2. The highest BCUT2D eigenvalue weighted by molar-refractivity contribution is 6.02. The van der Waals surface area contributed by atoms with Crippen LogP contribution in [0.1, 0.15) is 36.4 Å². The predicted octanol–water partition coefficient (Wildman–Crippen LogP) is 2.05. The monoisotopic (exact) mass is 421 g/mol. The number of anilines is 1. The SMILES string of the molecule is CNC1CCN(CCO)Cc2cc(-c3ccnc(NC(=CN)C4=NCCC4)n3)ccc21. The van der Waals surface area contributed by atoms with Gasteiger partial charge >= 0.3 is 0 Å². The molecule has 0 fully saturated rings. The fourth-order valence-electron chi connectivity index (χ4n) is 4.33. The number of nitrogens with two attached hydrogens (primary N) is 1. The lowest BCUT2D eigenvalue weighted by atomic mass is 9.96. The predicted molar refractivity (Wildman–Crippen MR) is 124 cm³/mol. The summed E-state index contributed by atoms with van der Waals surface area (Å²) in [5, 5.41) is 16.1. The van der Waals surface area contributed by atoms with Crippen LogP contribution in [0.15, 0.2) is 47.4 Å². The highest BCUT2D eigenvalue weighted by Crippen LogP contribution is 2.30. The van der Waals surface area contributed by atoms with Crippen LogP contribution in [0, 0.1) is 0 Å². The van der Waals surface area contributed by atoms with Gasteiger partial charge in [0.2, 0.25) is 5.95 Å². The first-order valence-electron chi connectivity index (χ1n) is 10.9. The Bertz CT molecular complexity index is 972. The van der Waals surface area contributed by atoms with Crippen LogP contribution in [-0.4, -0.2) is 59.0 Å². The number of aromatic nitrogens is 2. The van der Waals surface area contributed by atoms with Gasteiger partial charge in [-0.05, 0) is 49.6 Å². The van der Waals surface area contributed by atoms with E-state index in [1.54, 1.807) is 6.20 Å². The molecule has 1 atom stereocenters. The van der Waals surface area contributed by atoms with E-state index in [4.69, 9.17) is 10.7 Å². The maximum absolute atomic E-state index is 9.41. The van der Waals surface area contributed by atoms with Crippen LogP contribution in [0.25, 0.3) is 11.3 Å². The van der Waals surface area contributed by atoms with Gasteiger partial charge in [-0.1, -0.05) is 12.1 Å². The largest absolute Gasteiger partial charge is 0.403 e. The van der Waals surface area contributed by atoms with Gasteiger partial charge in [0.25, 0.3) is 0 Å². The zero-order valence-corrected chi connectivity index (χ0v) is 18.0. The molecule has 8 heteroatoms. The lowest BCUT2D eigenvalue weighted by Gasteiger charge is -2.19. The van der Waals surface area contributed by atoms with E-state index < -0.39 is 0 Å². The number of aliphatic hydroxyl groups excluding tert-OH is 1. The number of benzene rings is 1. The molecule has 0 spiro atoms. The minimum Gasteiger partial charge on any atom is -0.403 e.